The van der Waals surface area contributed by atoms with E-state index in [1.165, 1.54) is 0 Å². The van der Waals surface area contributed by atoms with Crippen molar-refractivity contribution in [1.82, 2.24) is 10.1 Å². The molecule has 1 aromatic rings. The van der Waals surface area contributed by atoms with E-state index in [4.69, 9.17) is 16.1 Å². The topological polar surface area (TPSA) is 73.1 Å². The fourth-order valence-corrected chi connectivity index (χ4v) is 1.40. The molecule has 13 heavy (non-hydrogen) atoms. The Labute approximate surface area is 81.0 Å². The van der Waals surface area contributed by atoms with E-state index in [1.54, 1.807) is 6.92 Å². The van der Waals surface area contributed by atoms with Crippen molar-refractivity contribution in [2.75, 3.05) is 6.26 Å². The van der Waals surface area contributed by atoms with Crippen LogP contribution in [0.5, 0.6) is 0 Å². The fraction of sp³-hybridized carbons (Fsp3) is 0.667. The number of nitrogens with zero attached hydrogens (tertiary/aromatic N) is 2. The molecule has 7 heteroatoms. The molecule has 0 aliphatic rings. The second kappa shape index (κ2) is 3.63. The maximum Gasteiger partial charge on any atom is 0.244 e. The molecule has 0 amide bonds. The summed E-state index contributed by atoms with van der Waals surface area (Å²) in [5.74, 6) is 0.158. The summed E-state index contributed by atoms with van der Waals surface area (Å²) in [6, 6.07) is 0. The predicted octanol–water partition coefficient (Wildman–Crippen LogP) is 0.914. The largest absolute Gasteiger partial charge is 0.338 e. The lowest BCUT2D eigenvalue weighted by Gasteiger charge is -1.90. The molecule has 0 fully saturated rings. The molecule has 1 aromatic heterocycles. The van der Waals surface area contributed by atoms with Gasteiger partial charge < -0.3 is 4.52 Å². The molecule has 0 N–H and O–H groups in total. The van der Waals surface area contributed by atoms with Crippen molar-refractivity contribution < 1.29 is 12.9 Å². The van der Waals surface area contributed by atoms with Crippen LogP contribution in [0.2, 0.25) is 0 Å². The molecule has 1 rings (SSSR count). The summed E-state index contributed by atoms with van der Waals surface area (Å²) in [5.41, 5.74) is 0. The van der Waals surface area contributed by atoms with Gasteiger partial charge in [-0.1, -0.05) is 5.16 Å². The van der Waals surface area contributed by atoms with Crippen molar-refractivity contribution in [2.24, 2.45) is 0 Å². The van der Waals surface area contributed by atoms with Gasteiger partial charge in [-0.3, -0.25) is 0 Å². The third-order valence-electron chi connectivity index (χ3n) is 1.22. The van der Waals surface area contributed by atoms with E-state index in [-0.39, 0.29) is 17.5 Å². The van der Waals surface area contributed by atoms with Crippen molar-refractivity contribution in [3.8, 4) is 0 Å². The minimum absolute atomic E-state index is 0.144. The monoisotopic (exact) mass is 224 g/mol. The minimum atomic E-state index is -3.12. The zero-order valence-corrected chi connectivity index (χ0v) is 8.76. The number of sulfone groups is 1. The van der Waals surface area contributed by atoms with Crippen LogP contribution in [0.3, 0.4) is 0 Å². The lowest BCUT2D eigenvalue weighted by Crippen LogP contribution is -2.02. The Morgan fingerprint density at radius 1 is 1.62 bits per heavy atom. The molecule has 0 aromatic carbocycles. The van der Waals surface area contributed by atoms with Crippen LogP contribution in [0.4, 0.5) is 0 Å². The van der Waals surface area contributed by atoms with Crippen LogP contribution in [0.1, 0.15) is 24.0 Å². The average Bonchev–Trinajstić information content (AvgIpc) is 2.31. The van der Waals surface area contributed by atoms with Crippen LogP contribution in [0.15, 0.2) is 4.52 Å². The number of alkyl halides is 1. The molecule has 0 aliphatic heterocycles. The Morgan fingerprint density at radius 2 is 2.23 bits per heavy atom. The maximum atomic E-state index is 10.8. The van der Waals surface area contributed by atoms with Gasteiger partial charge >= 0.3 is 0 Å². The van der Waals surface area contributed by atoms with Gasteiger partial charge in [0.2, 0.25) is 5.89 Å². The van der Waals surface area contributed by atoms with E-state index in [0.29, 0.717) is 0 Å². The molecule has 74 valence electrons. The van der Waals surface area contributed by atoms with E-state index in [1.807, 2.05) is 0 Å². The van der Waals surface area contributed by atoms with Gasteiger partial charge in [0.25, 0.3) is 0 Å². The summed E-state index contributed by atoms with van der Waals surface area (Å²) in [5, 5.41) is 3.07. The summed E-state index contributed by atoms with van der Waals surface area (Å²) in [6.45, 7) is 1.67. The van der Waals surface area contributed by atoms with E-state index in [0.717, 1.165) is 6.26 Å². The van der Waals surface area contributed by atoms with Crippen molar-refractivity contribution in [3.05, 3.63) is 11.7 Å². The summed E-state index contributed by atoms with van der Waals surface area (Å²) in [6.07, 6.45) is 1.10. The van der Waals surface area contributed by atoms with Crippen molar-refractivity contribution in [3.63, 3.8) is 0 Å². The summed E-state index contributed by atoms with van der Waals surface area (Å²) >= 11 is 5.64. The highest BCUT2D eigenvalue weighted by Gasteiger charge is 2.14. The highest BCUT2D eigenvalue weighted by atomic mass is 35.5. The smallest absolute Gasteiger partial charge is 0.244 e. The number of halogens is 1. The second-order valence-electron chi connectivity index (χ2n) is 2.73. The predicted molar refractivity (Wildman–Crippen MR) is 47.1 cm³/mol. The first-order valence-corrected chi connectivity index (χ1v) is 6.02. The van der Waals surface area contributed by atoms with Crippen molar-refractivity contribution >= 4 is 21.4 Å². The van der Waals surface area contributed by atoms with E-state index in [2.05, 4.69) is 10.1 Å². The number of rotatable bonds is 3. The van der Waals surface area contributed by atoms with Crippen molar-refractivity contribution in [2.45, 2.75) is 18.1 Å². The van der Waals surface area contributed by atoms with E-state index >= 15 is 0 Å². The Morgan fingerprint density at radius 3 is 2.62 bits per heavy atom. The fourth-order valence-electron chi connectivity index (χ4n) is 0.722. The number of hydrogen-bond donors (Lipinski definition) is 0. The molecule has 0 bridgehead atoms. The number of hydrogen-bond acceptors (Lipinski definition) is 5. The first-order chi connectivity index (χ1) is 5.88. The van der Waals surface area contributed by atoms with Gasteiger partial charge in [-0.2, -0.15) is 4.98 Å². The highest BCUT2D eigenvalue weighted by molar-refractivity contribution is 7.89. The normalized spacial score (nSPS) is 14.4. The first-order valence-electron chi connectivity index (χ1n) is 3.53. The first kappa shape index (κ1) is 10.5. The van der Waals surface area contributed by atoms with E-state index < -0.39 is 15.2 Å². The Hall–Kier alpha value is -0.620. The van der Waals surface area contributed by atoms with Gasteiger partial charge in [0, 0.05) is 6.26 Å². The second-order valence-corrected chi connectivity index (χ2v) is 5.53. The molecule has 0 spiro atoms. The van der Waals surface area contributed by atoms with Crippen LogP contribution in [0, 0.1) is 0 Å². The molecule has 0 saturated carbocycles. The number of aromatic nitrogens is 2. The molecule has 0 radical (unpaired) electrons. The lowest BCUT2D eigenvalue weighted by molar-refractivity contribution is 0.375. The Kier molecular flexibility index (Phi) is 2.92. The maximum absolute atomic E-state index is 10.8. The third-order valence-corrected chi connectivity index (χ3v) is 2.18. The standard InChI is InChI=1S/C6H9ClN2O3S/c1-4(7)6-8-5(9-12-6)3-13(2,10)11/h4H,3H2,1-2H3. The van der Waals surface area contributed by atoms with Gasteiger partial charge in [0.05, 0.1) is 0 Å². The summed E-state index contributed by atoms with van der Waals surface area (Å²) in [7, 11) is -3.12. The minimum Gasteiger partial charge on any atom is -0.338 e. The molecule has 1 atom stereocenters. The lowest BCUT2D eigenvalue weighted by atomic mass is 10.5. The van der Waals surface area contributed by atoms with Gasteiger partial charge in [-0.15, -0.1) is 11.6 Å². The molecule has 0 aliphatic carbocycles. The molecule has 5 nitrogen and oxygen atoms in total. The van der Waals surface area contributed by atoms with Crippen LogP contribution >= 0.6 is 11.6 Å². The highest BCUT2D eigenvalue weighted by Crippen LogP contribution is 2.16. The zero-order valence-electron chi connectivity index (χ0n) is 7.19. The Bertz CT molecular complexity index is 384. The quantitative estimate of drug-likeness (QED) is 0.714. The third kappa shape index (κ3) is 3.31. The summed E-state index contributed by atoms with van der Waals surface area (Å²) in [4.78, 5) is 3.81. The molecule has 0 saturated heterocycles. The molecular formula is C6H9ClN2O3S. The van der Waals surface area contributed by atoms with Gasteiger partial charge in [0.1, 0.15) is 11.1 Å². The van der Waals surface area contributed by atoms with Crippen LogP contribution in [-0.4, -0.2) is 24.8 Å². The van der Waals surface area contributed by atoms with Crippen molar-refractivity contribution in [1.29, 1.82) is 0 Å². The molecular weight excluding hydrogens is 216 g/mol. The van der Waals surface area contributed by atoms with Crippen LogP contribution < -0.4 is 0 Å². The van der Waals surface area contributed by atoms with Crippen LogP contribution in [-0.2, 0) is 15.6 Å². The molecule has 1 heterocycles. The zero-order chi connectivity index (χ0) is 10.1. The van der Waals surface area contributed by atoms with Gasteiger partial charge in [-0.25, -0.2) is 8.42 Å². The Balaban J connectivity index is 2.81. The van der Waals surface area contributed by atoms with Crippen LogP contribution in [0.25, 0.3) is 0 Å². The molecule has 1 unspecified atom stereocenters. The van der Waals surface area contributed by atoms with Gasteiger partial charge in [0.15, 0.2) is 15.7 Å². The average molecular weight is 225 g/mol. The van der Waals surface area contributed by atoms with Gasteiger partial charge in [-0.05, 0) is 6.92 Å². The summed E-state index contributed by atoms with van der Waals surface area (Å²) < 4.78 is 26.4. The SMILES string of the molecule is CC(Cl)c1nc(CS(C)(=O)=O)no1. The van der Waals surface area contributed by atoms with E-state index in [9.17, 15) is 8.42 Å².